The maximum Gasteiger partial charge on any atom is 0.123 e. The van der Waals surface area contributed by atoms with Crippen LogP contribution in [0.15, 0.2) is 42.5 Å². The van der Waals surface area contributed by atoms with Crippen LogP contribution in [0, 0.1) is 12.7 Å². The van der Waals surface area contributed by atoms with Gasteiger partial charge >= 0.3 is 0 Å². The van der Waals surface area contributed by atoms with E-state index in [-0.39, 0.29) is 11.9 Å². The van der Waals surface area contributed by atoms with E-state index < -0.39 is 0 Å². The summed E-state index contributed by atoms with van der Waals surface area (Å²) in [6.07, 6.45) is 0. The highest BCUT2D eigenvalue weighted by Gasteiger charge is 2.12. The maximum absolute atomic E-state index is 13.4. The van der Waals surface area contributed by atoms with Crippen molar-refractivity contribution in [2.75, 3.05) is 11.9 Å². The van der Waals surface area contributed by atoms with E-state index in [2.05, 4.69) is 36.1 Å². The summed E-state index contributed by atoms with van der Waals surface area (Å²) < 4.78 is 13.4. The van der Waals surface area contributed by atoms with Gasteiger partial charge in [-0.05, 0) is 43.2 Å². The molecule has 2 aromatic rings. The fourth-order valence-electron chi connectivity index (χ4n) is 2.29. The molecular formula is C17H21FN2. The summed E-state index contributed by atoms with van der Waals surface area (Å²) in [7, 11) is 2.00. The second-order valence-corrected chi connectivity index (χ2v) is 5.33. The first-order valence-corrected chi connectivity index (χ1v) is 6.79. The molecule has 0 saturated heterocycles. The van der Waals surface area contributed by atoms with Crippen molar-refractivity contribution in [2.24, 2.45) is 5.73 Å². The molecule has 2 rings (SSSR count). The van der Waals surface area contributed by atoms with Crippen LogP contribution in [0.3, 0.4) is 0 Å². The summed E-state index contributed by atoms with van der Waals surface area (Å²) >= 11 is 0. The van der Waals surface area contributed by atoms with Gasteiger partial charge in [0.1, 0.15) is 5.82 Å². The molecule has 0 heterocycles. The number of hydrogen-bond donors (Lipinski definition) is 1. The van der Waals surface area contributed by atoms with Gasteiger partial charge in [0.25, 0.3) is 0 Å². The van der Waals surface area contributed by atoms with Crippen LogP contribution in [-0.2, 0) is 6.54 Å². The highest BCUT2D eigenvalue weighted by molar-refractivity contribution is 5.55. The molecule has 0 aliphatic heterocycles. The van der Waals surface area contributed by atoms with Crippen molar-refractivity contribution in [2.45, 2.75) is 26.4 Å². The number of benzene rings is 2. The molecule has 0 aliphatic rings. The van der Waals surface area contributed by atoms with Crippen molar-refractivity contribution in [3.63, 3.8) is 0 Å². The van der Waals surface area contributed by atoms with Gasteiger partial charge in [-0.2, -0.15) is 0 Å². The van der Waals surface area contributed by atoms with Gasteiger partial charge in [-0.3, -0.25) is 0 Å². The number of anilines is 1. The summed E-state index contributed by atoms with van der Waals surface area (Å²) in [5.74, 6) is -0.246. The lowest BCUT2D eigenvalue weighted by atomic mass is 10.0. The van der Waals surface area contributed by atoms with Gasteiger partial charge in [0, 0.05) is 25.3 Å². The van der Waals surface area contributed by atoms with E-state index in [1.54, 1.807) is 6.07 Å². The second kappa shape index (κ2) is 6.06. The molecule has 0 bridgehead atoms. The molecule has 1 atom stereocenters. The van der Waals surface area contributed by atoms with Crippen LogP contribution in [0.2, 0.25) is 0 Å². The first-order valence-electron chi connectivity index (χ1n) is 6.79. The third kappa shape index (κ3) is 3.36. The van der Waals surface area contributed by atoms with E-state index in [0.29, 0.717) is 0 Å². The molecule has 0 amide bonds. The fourth-order valence-corrected chi connectivity index (χ4v) is 2.29. The lowest BCUT2D eigenvalue weighted by molar-refractivity contribution is 0.622. The number of aryl methyl sites for hydroxylation is 1. The van der Waals surface area contributed by atoms with Crippen molar-refractivity contribution < 1.29 is 4.39 Å². The predicted molar refractivity (Wildman–Crippen MR) is 82.3 cm³/mol. The van der Waals surface area contributed by atoms with E-state index in [1.165, 1.54) is 23.3 Å². The molecule has 0 fully saturated rings. The van der Waals surface area contributed by atoms with Crippen LogP contribution in [0.4, 0.5) is 10.1 Å². The Morgan fingerprint density at radius 2 is 1.80 bits per heavy atom. The topological polar surface area (TPSA) is 29.3 Å². The SMILES string of the molecule is Cc1ccc(CN(C)c2ccc(F)cc2[C@@H](C)N)cc1. The summed E-state index contributed by atoms with van der Waals surface area (Å²) in [6, 6.07) is 13.0. The molecule has 0 unspecified atom stereocenters. The largest absolute Gasteiger partial charge is 0.370 e. The standard InChI is InChI=1S/C17H21FN2/c1-12-4-6-14(7-5-12)11-20(3)17-9-8-15(18)10-16(17)13(2)19/h4-10,13H,11,19H2,1-3H3/t13-/m1/s1. The fraction of sp³-hybridized carbons (Fsp3) is 0.294. The lowest BCUT2D eigenvalue weighted by Gasteiger charge is -2.24. The third-order valence-electron chi connectivity index (χ3n) is 3.43. The molecule has 0 aliphatic carbocycles. The predicted octanol–water partition coefficient (Wildman–Crippen LogP) is 3.79. The smallest absolute Gasteiger partial charge is 0.123 e. The van der Waals surface area contributed by atoms with Crippen molar-refractivity contribution in [3.8, 4) is 0 Å². The minimum atomic E-state index is -0.246. The molecule has 20 heavy (non-hydrogen) atoms. The van der Waals surface area contributed by atoms with Crippen LogP contribution in [0.5, 0.6) is 0 Å². The lowest BCUT2D eigenvalue weighted by Crippen LogP contribution is -2.20. The zero-order chi connectivity index (χ0) is 14.7. The van der Waals surface area contributed by atoms with Gasteiger partial charge in [0.2, 0.25) is 0 Å². The monoisotopic (exact) mass is 272 g/mol. The van der Waals surface area contributed by atoms with Gasteiger partial charge in [-0.25, -0.2) is 4.39 Å². The van der Waals surface area contributed by atoms with Crippen LogP contribution in [0.1, 0.15) is 29.7 Å². The Morgan fingerprint density at radius 1 is 1.15 bits per heavy atom. The van der Waals surface area contributed by atoms with Gasteiger partial charge in [-0.1, -0.05) is 29.8 Å². The Kier molecular flexibility index (Phi) is 4.40. The highest BCUT2D eigenvalue weighted by atomic mass is 19.1. The summed E-state index contributed by atoms with van der Waals surface area (Å²) in [6.45, 7) is 4.71. The van der Waals surface area contributed by atoms with Crippen LogP contribution < -0.4 is 10.6 Å². The molecule has 0 radical (unpaired) electrons. The average molecular weight is 272 g/mol. The molecule has 0 aromatic heterocycles. The van der Waals surface area contributed by atoms with Crippen LogP contribution in [0.25, 0.3) is 0 Å². The minimum Gasteiger partial charge on any atom is -0.370 e. The Morgan fingerprint density at radius 3 is 2.40 bits per heavy atom. The zero-order valence-electron chi connectivity index (χ0n) is 12.2. The van der Waals surface area contributed by atoms with Crippen LogP contribution >= 0.6 is 0 Å². The normalized spacial score (nSPS) is 12.2. The number of nitrogens with two attached hydrogens (primary N) is 1. The number of halogens is 1. The Hall–Kier alpha value is -1.87. The van der Waals surface area contributed by atoms with Crippen LogP contribution in [-0.4, -0.2) is 7.05 Å². The first-order chi connectivity index (χ1) is 9.47. The Balaban J connectivity index is 2.24. The zero-order valence-corrected chi connectivity index (χ0v) is 12.2. The Labute approximate surface area is 120 Å². The summed E-state index contributed by atoms with van der Waals surface area (Å²) in [5, 5.41) is 0. The molecule has 0 saturated carbocycles. The summed E-state index contributed by atoms with van der Waals surface area (Å²) in [5.41, 5.74) is 10.2. The van der Waals surface area contributed by atoms with E-state index in [9.17, 15) is 4.39 Å². The Bertz CT molecular complexity index is 576. The molecule has 0 spiro atoms. The van der Waals surface area contributed by atoms with Gasteiger partial charge in [0.05, 0.1) is 0 Å². The van der Waals surface area contributed by atoms with E-state index in [1.807, 2.05) is 14.0 Å². The quantitative estimate of drug-likeness (QED) is 0.917. The second-order valence-electron chi connectivity index (χ2n) is 5.33. The highest BCUT2D eigenvalue weighted by Crippen LogP contribution is 2.26. The minimum absolute atomic E-state index is 0.193. The van der Waals surface area contributed by atoms with E-state index in [4.69, 9.17) is 5.73 Å². The summed E-state index contributed by atoms with van der Waals surface area (Å²) in [4.78, 5) is 2.10. The number of rotatable bonds is 4. The van der Waals surface area contributed by atoms with Gasteiger partial charge in [-0.15, -0.1) is 0 Å². The molecule has 2 nitrogen and oxygen atoms in total. The van der Waals surface area contributed by atoms with E-state index >= 15 is 0 Å². The maximum atomic E-state index is 13.4. The number of hydrogen-bond acceptors (Lipinski definition) is 2. The molecule has 3 heteroatoms. The van der Waals surface area contributed by atoms with Crippen molar-refractivity contribution in [1.82, 2.24) is 0 Å². The van der Waals surface area contributed by atoms with Crippen molar-refractivity contribution in [1.29, 1.82) is 0 Å². The third-order valence-corrected chi connectivity index (χ3v) is 3.43. The van der Waals surface area contributed by atoms with Crippen molar-refractivity contribution >= 4 is 5.69 Å². The molecule has 2 N–H and O–H groups in total. The molecule has 2 aromatic carbocycles. The number of nitrogens with zero attached hydrogens (tertiary/aromatic N) is 1. The van der Waals surface area contributed by atoms with Gasteiger partial charge in [0.15, 0.2) is 0 Å². The molecular weight excluding hydrogens is 251 g/mol. The molecule has 106 valence electrons. The first kappa shape index (κ1) is 14.5. The van der Waals surface area contributed by atoms with Crippen molar-refractivity contribution in [3.05, 3.63) is 65.0 Å². The van der Waals surface area contributed by atoms with E-state index in [0.717, 1.165) is 17.8 Å². The van der Waals surface area contributed by atoms with Gasteiger partial charge < -0.3 is 10.6 Å². The average Bonchev–Trinajstić information content (AvgIpc) is 2.41.